The Labute approximate surface area is 110 Å². The minimum absolute atomic E-state index is 0.122. The van der Waals surface area contributed by atoms with Crippen LogP contribution in [0.2, 0.25) is 0 Å². The number of phenols is 1. The summed E-state index contributed by atoms with van der Waals surface area (Å²) in [7, 11) is 0. The van der Waals surface area contributed by atoms with E-state index >= 15 is 0 Å². The molecule has 4 heteroatoms. The lowest BCUT2D eigenvalue weighted by Crippen LogP contribution is -1.97. The van der Waals surface area contributed by atoms with Gasteiger partial charge in [0.05, 0.1) is 5.56 Å². The molecule has 19 heavy (non-hydrogen) atoms. The SMILES string of the molecule is Cc1c(O)ccc2c1O/C(=C\c1ccncc1)C2=O. The minimum Gasteiger partial charge on any atom is -0.508 e. The molecule has 94 valence electrons. The number of hydrogen-bond donors (Lipinski definition) is 1. The Balaban J connectivity index is 2.05. The number of Topliss-reactive ketones (excluding diaryl/α,β-unsaturated/α-hetero) is 1. The molecule has 1 N–H and O–H groups in total. The second kappa shape index (κ2) is 4.24. The first-order valence-corrected chi connectivity index (χ1v) is 5.83. The van der Waals surface area contributed by atoms with Crippen LogP contribution in [0, 0.1) is 6.92 Å². The monoisotopic (exact) mass is 253 g/mol. The van der Waals surface area contributed by atoms with E-state index in [4.69, 9.17) is 4.74 Å². The zero-order chi connectivity index (χ0) is 13.4. The summed E-state index contributed by atoms with van der Waals surface area (Å²) in [6, 6.07) is 6.66. The van der Waals surface area contributed by atoms with E-state index in [0.29, 0.717) is 16.9 Å². The summed E-state index contributed by atoms with van der Waals surface area (Å²) in [5.41, 5.74) is 1.90. The van der Waals surface area contributed by atoms with E-state index in [9.17, 15) is 9.90 Å². The van der Waals surface area contributed by atoms with Crippen molar-refractivity contribution in [1.29, 1.82) is 0 Å². The number of aromatic hydroxyl groups is 1. The molecule has 1 aromatic heterocycles. The minimum atomic E-state index is -0.171. The predicted octanol–water partition coefficient (Wildman–Crippen LogP) is 2.71. The van der Waals surface area contributed by atoms with E-state index in [1.54, 1.807) is 43.6 Å². The van der Waals surface area contributed by atoms with Crippen molar-refractivity contribution in [3.05, 3.63) is 59.1 Å². The molecule has 1 aromatic carbocycles. The summed E-state index contributed by atoms with van der Waals surface area (Å²) < 4.78 is 5.57. The van der Waals surface area contributed by atoms with Crippen LogP contribution < -0.4 is 4.74 Å². The van der Waals surface area contributed by atoms with Crippen LogP contribution in [0.1, 0.15) is 21.5 Å². The van der Waals surface area contributed by atoms with Gasteiger partial charge in [-0.2, -0.15) is 0 Å². The van der Waals surface area contributed by atoms with Gasteiger partial charge in [0.15, 0.2) is 5.76 Å². The van der Waals surface area contributed by atoms with E-state index < -0.39 is 0 Å². The van der Waals surface area contributed by atoms with Gasteiger partial charge in [-0.3, -0.25) is 9.78 Å². The molecule has 1 aliphatic rings. The van der Waals surface area contributed by atoms with Gasteiger partial charge < -0.3 is 9.84 Å². The fourth-order valence-electron chi connectivity index (χ4n) is 1.99. The quantitative estimate of drug-likeness (QED) is 0.794. The van der Waals surface area contributed by atoms with Crippen molar-refractivity contribution < 1.29 is 14.6 Å². The molecule has 0 spiro atoms. The normalized spacial score (nSPS) is 15.4. The molecule has 0 aliphatic carbocycles. The van der Waals surface area contributed by atoms with E-state index in [1.165, 1.54) is 6.07 Å². The van der Waals surface area contributed by atoms with Crippen LogP contribution in [0.4, 0.5) is 0 Å². The number of aromatic nitrogens is 1. The molecule has 0 saturated heterocycles. The molecule has 0 unspecified atom stereocenters. The molecule has 2 heterocycles. The van der Waals surface area contributed by atoms with Crippen molar-refractivity contribution in [3.8, 4) is 11.5 Å². The smallest absolute Gasteiger partial charge is 0.231 e. The second-order valence-corrected chi connectivity index (χ2v) is 4.31. The van der Waals surface area contributed by atoms with Gasteiger partial charge in [-0.15, -0.1) is 0 Å². The maximum atomic E-state index is 12.2. The maximum Gasteiger partial charge on any atom is 0.231 e. The first-order valence-electron chi connectivity index (χ1n) is 5.83. The Morgan fingerprint density at radius 1 is 1.21 bits per heavy atom. The molecule has 0 bridgehead atoms. The number of phenolic OH excluding ortho intramolecular Hbond substituents is 1. The number of pyridine rings is 1. The molecule has 0 saturated carbocycles. The van der Waals surface area contributed by atoms with Crippen LogP contribution in [-0.2, 0) is 0 Å². The van der Waals surface area contributed by atoms with Crippen molar-refractivity contribution in [2.24, 2.45) is 0 Å². The number of benzene rings is 1. The summed E-state index contributed by atoms with van der Waals surface area (Å²) in [6.45, 7) is 1.72. The summed E-state index contributed by atoms with van der Waals surface area (Å²) in [4.78, 5) is 16.1. The van der Waals surface area contributed by atoms with E-state index in [2.05, 4.69) is 4.98 Å². The zero-order valence-electron chi connectivity index (χ0n) is 10.3. The van der Waals surface area contributed by atoms with Crippen LogP contribution in [0.25, 0.3) is 6.08 Å². The van der Waals surface area contributed by atoms with E-state index in [-0.39, 0.29) is 17.3 Å². The summed E-state index contributed by atoms with van der Waals surface area (Å²) in [6.07, 6.45) is 4.96. The number of nitrogens with zero attached hydrogens (tertiary/aromatic N) is 1. The van der Waals surface area contributed by atoms with Gasteiger partial charge in [0.25, 0.3) is 0 Å². The van der Waals surface area contributed by atoms with Gasteiger partial charge >= 0.3 is 0 Å². The molecule has 2 aromatic rings. The van der Waals surface area contributed by atoms with Crippen molar-refractivity contribution in [2.75, 3.05) is 0 Å². The largest absolute Gasteiger partial charge is 0.508 e. The Hall–Kier alpha value is -2.62. The third-order valence-corrected chi connectivity index (χ3v) is 3.06. The third-order valence-electron chi connectivity index (χ3n) is 3.06. The van der Waals surface area contributed by atoms with Gasteiger partial charge in [-0.1, -0.05) is 0 Å². The maximum absolute atomic E-state index is 12.2. The molecular weight excluding hydrogens is 242 g/mol. The number of rotatable bonds is 1. The van der Waals surface area contributed by atoms with E-state index in [0.717, 1.165) is 5.56 Å². The highest BCUT2D eigenvalue weighted by atomic mass is 16.5. The van der Waals surface area contributed by atoms with Gasteiger partial charge in [0.1, 0.15) is 11.5 Å². The van der Waals surface area contributed by atoms with Crippen molar-refractivity contribution >= 4 is 11.9 Å². The fraction of sp³-hybridized carbons (Fsp3) is 0.0667. The predicted molar refractivity (Wildman–Crippen MR) is 70.0 cm³/mol. The number of carbonyl (C=O) groups excluding carboxylic acids is 1. The Bertz CT molecular complexity index is 690. The third kappa shape index (κ3) is 1.87. The summed E-state index contributed by atoms with van der Waals surface area (Å²) in [5.74, 6) is 0.645. The van der Waals surface area contributed by atoms with Gasteiger partial charge in [0.2, 0.25) is 5.78 Å². The first-order chi connectivity index (χ1) is 9.16. The Morgan fingerprint density at radius 3 is 2.68 bits per heavy atom. The van der Waals surface area contributed by atoms with Crippen LogP contribution in [0.3, 0.4) is 0 Å². The van der Waals surface area contributed by atoms with Gasteiger partial charge in [0, 0.05) is 18.0 Å². The number of ether oxygens (including phenoxy) is 1. The molecule has 0 fully saturated rings. The highest BCUT2D eigenvalue weighted by Gasteiger charge is 2.29. The highest BCUT2D eigenvalue weighted by Crippen LogP contribution is 2.38. The molecule has 0 amide bonds. The van der Waals surface area contributed by atoms with Gasteiger partial charge in [-0.25, -0.2) is 0 Å². The Kier molecular flexibility index (Phi) is 2.56. The first kappa shape index (κ1) is 11.5. The lowest BCUT2D eigenvalue weighted by Gasteiger charge is -2.03. The average molecular weight is 253 g/mol. The van der Waals surface area contributed by atoms with Crippen LogP contribution >= 0.6 is 0 Å². The van der Waals surface area contributed by atoms with Crippen molar-refractivity contribution in [2.45, 2.75) is 6.92 Å². The standard InChI is InChI=1S/C15H11NO3/c1-9-12(17)3-2-11-14(18)13(19-15(9)11)8-10-4-6-16-7-5-10/h2-8,17H,1H3/b13-8-. The number of hydrogen-bond acceptors (Lipinski definition) is 4. The lowest BCUT2D eigenvalue weighted by atomic mass is 10.1. The topological polar surface area (TPSA) is 59.4 Å². The molecule has 1 aliphatic heterocycles. The van der Waals surface area contributed by atoms with Crippen molar-refractivity contribution in [1.82, 2.24) is 4.98 Å². The average Bonchev–Trinajstić information content (AvgIpc) is 2.73. The zero-order valence-corrected chi connectivity index (χ0v) is 10.3. The summed E-state index contributed by atoms with van der Waals surface area (Å²) in [5, 5.41) is 9.63. The van der Waals surface area contributed by atoms with Crippen molar-refractivity contribution in [3.63, 3.8) is 0 Å². The van der Waals surface area contributed by atoms with Crippen LogP contribution in [-0.4, -0.2) is 15.9 Å². The molecular formula is C15H11NO3. The van der Waals surface area contributed by atoms with Crippen LogP contribution in [0.5, 0.6) is 11.5 Å². The number of carbonyl (C=O) groups is 1. The summed E-state index contributed by atoms with van der Waals surface area (Å²) >= 11 is 0. The molecule has 0 atom stereocenters. The molecule has 4 nitrogen and oxygen atoms in total. The fourth-order valence-corrected chi connectivity index (χ4v) is 1.99. The van der Waals surface area contributed by atoms with E-state index in [1.807, 2.05) is 0 Å². The molecule has 3 rings (SSSR count). The lowest BCUT2D eigenvalue weighted by molar-refractivity contribution is 0.101. The highest BCUT2D eigenvalue weighted by molar-refractivity contribution is 6.14. The number of ketones is 1. The number of fused-ring (bicyclic) bond motifs is 1. The molecule has 0 radical (unpaired) electrons. The van der Waals surface area contributed by atoms with Gasteiger partial charge in [-0.05, 0) is 42.8 Å². The number of allylic oxidation sites excluding steroid dienone is 1. The second-order valence-electron chi connectivity index (χ2n) is 4.31. The Morgan fingerprint density at radius 2 is 1.95 bits per heavy atom. The van der Waals surface area contributed by atoms with Crippen LogP contribution in [0.15, 0.2) is 42.4 Å².